The second-order valence-corrected chi connectivity index (χ2v) is 8.66. The molecule has 0 spiro atoms. The highest BCUT2D eigenvalue weighted by molar-refractivity contribution is 8.00. The monoisotopic (exact) mass is 379 g/mol. The van der Waals surface area contributed by atoms with Crippen LogP contribution in [-0.4, -0.2) is 28.4 Å². The van der Waals surface area contributed by atoms with Crippen molar-refractivity contribution in [3.05, 3.63) is 48.1 Å². The number of aromatic nitrogens is 2. The van der Waals surface area contributed by atoms with Gasteiger partial charge in [0.1, 0.15) is 0 Å². The summed E-state index contributed by atoms with van der Waals surface area (Å²) in [5, 5.41) is 1.53. The Kier molecular flexibility index (Phi) is 4.04. The van der Waals surface area contributed by atoms with E-state index in [-0.39, 0.29) is 0 Å². The Hall–Kier alpha value is -2.15. The van der Waals surface area contributed by atoms with Crippen LogP contribution < -0.4 is 5.73 Å². The molecule has 1 fully saturated rings. The summed E-state index contributed by atoms with van der Waals surface area (Å²) >= 11 is 3.51. The Morgan fingerprint density at radius 2 is 2.08 bits per heavy atom. The quantitative estimate of drug-likeness (QED) is 0.544. The van der Waals surface area contributed by atoms with Gasteiger partial charge in [-0.05, 0) is 42.3 Å². The number of thiazole rings is 1. The predicted octanol–water partition coefficient (Wildman–Crippen LogP) is 4.97. The van der Waals surface area contributed by atoms with Gasteiger partial charge in [0.05, 0.1) is 33.5 Å². The van der Waals surface area contributed by atoms with Gasteiger partial charge in [-0.2, -0.15) is 0 Å². The molecule has 0 amide bonds. The summed E-state index contributed by atoms with van der Waals surface area (Å²) in [5.74, 6) is 0. The zero-order valence-electron chi connectivity index (χ0n) is 14.0. The molecule has 2 aromatic carbocycles. The Bertz CT molecular complexity index is 1100. The first-order chi connectivity index (χ1) is 12.8. The molecule has 2 N–H and O–H groups in total. The van der Waals surface area contributed by atoms with E-state index in [1.165, 1.54) is 9.60 Å². The van der Waals surface area contributed by atoms with Crippen LogP contribution in [0.4, 0.5) is 5.69 Å². The molecule has 0 bridgehead atoms. The minimum atomic E-state index is 0.525. The number of ether oxygens (including phenoxy) is 1. The van der Waals surface area contributed by atoms with Crippen molar-refractivity contribution < 1.29 is 4.74 Å². The lowest BCUT2D eigenvalue weighted by molar-refractivity contribution is 0.199. The molecule has 6 heteroatoms. The zero-order valence-corrected chi connectivity index (χ0v) is 15.6. The number of nitrogens with zero attached hydrogens (tertiary/aromatic N) is 2. The summed E-state index contributed by atoms with van der Waals surface area (Å²) in [4.78, 5) is 10.3. The van der Waals surface area contributed by atoms with E-state index in [0.717, 1.165) is 52.9 Å². The predicted molar refractivity (Wildman–Crippen MR) is 110 cm³/mol. The van der Waals surface area contributed by atoms with Gasteiger partial charge in [-0.15, -0.1) is 23.1 Å². The molecule has 130 valence electrons. The number of fused-ring (bicyclic) bond motifs is 2. The van der Waals surface area contributed by atoms with Crippen LogP contribution in [0.3, 0.4) is 0 Å². The molecular weight excluding hydrogens is 362 g/mol. The SMILES string of the molecule is Nc1c(-c2ccc3scnc3c2)cnc2ccc(SC3CCOC3)cc12. The molecule has 4 aromatic rings. The average Bonchev–Trinajstić information content (AvgIpc) is 3.33. The third-order valence-corrected chi connectivity index (χ3v) is 6.75. The molecule has 0 aliphatic carbocycles. The van der Waals surface area contributed by atoms with Crippen LogP contribution in [0.5, 0.6) is 0 Å². The normalized spacial score (nSPS) is 17.3. The Morgan fingerprint density at radius 1 is 1.12 bits per heavy atom. The fourth-order valence-electron chi connectivity index (χ4n) is 3.32. The molecule has 1 saturated heterocycles. The van der Waals surface area contributed by atoms with Crippen LogP contribution in [0, 0.1) is 0 Å². The number of hydrogen-bond acceptors (Lipinski definition) is 6. The van der Waals surface area contributed by atoms with Crippen LogP contribution in [-0.2, 0) is 4.74 Å². The Labute approximate surface area is 159 Å². The van der Waals surface area contributed by atoms with Crippen LogP contribution in [0.15, 0.2) is 53.0 Å². The van der Waals surface area contributed by atoms with E-state index in [1.807, 2.05) is 23.5 Å². The number of pyridine rings is 1. The molecule has 4 nitrogen and oxygen atoms in total. The Balaban J connectivity index is 1.58. The third kappa shape index (κ3) is 2.84. The fraction of sp³-hybridized carbons (Fsp3) is 0.200. The minimum absolute atomic E-state index is 0.525. The summed E-state index contributed by atoms with van der Waals surface area (Å²) in [5.41, 5.74) is 13.1. The topological polar surface area (TPSA) is 61.0 Å². The molecule has 2 aromatic heterocycles. The number of anilines is 1. The van der Waals surface area contributed by atoms with E-state index in [1.54, 1.807) is 11.3 Å². The number of benzene rings is 2. The fourth-order valence-corrected chi connectivity index (χ4v) is 5.07. The van der Waals surface area contributed by atoms with Crippen molar-refractivity contribution in [3.8, 4) is 11.1 Å². The van der Waals surface area contributed by atoms with Crippen LogP contribution in [0.25, 0.3) is 32.2 Å². The summed E-state index contributed by atoms with van der Waals surface area (Å²) in [6.45, 7) is 1.68. The maximum absolute atomic E-state index is 6.56. The van der Waals surface area contributed by atoms with E-state index in [0.29, 0.717) is 5.25 Å². The van der Waals surface area contributed by atoms with Crippen molar-refractivity contribution >= 4 is 49.9 Å². The highest BCUT2D eigenvalue weighted by Crippen LogP contribution is 2.36. The largest absolute Gasteiger partial charge is 0.398 e. The second-order valence-electron chi connectivity index (χ2n) is 6.40. The minimum Gasteiger partial charge on any atom is -0.398 e. The van der Waals surface area contributed by atoms with Gasteiger partial charge in [-0.1, -0.05) is 6.07 Å². The highest BCUT2D eigenvalue weighted by atomic mass is 32.2. The van der Waals surface area contributed by atoms with Gasteiger partial charge in [0.2, 0.25) is 0 Å². The zero-order chi connectivity index (χ0) is 17.5. The molecule has 26 heavy (non-hydrogen) atoms. The molecule has 5 rings (SSSR count). The molecule has 1 atom stereocenters. The van der Waals surface area contributed by atoms with Crippen LogP contribution in [0.1, 0.15) is 6.42 Å². The molecule has 1 unspecified atom stereocenters. The smallest absolute Gasteiger partial charge is 0.0818 e. The van der Waals surface area contributed by atoms with Gasteiger partial charge >= 0.3 is 0 Å². The van der Waals surface area contributed by atoms with Gasteiger partial charge in [0, 0.05) is 33.9 Å². The number of nitrogen functional groups attached to an aromatic ring is 1. The van der Waals surface area contributed by atoms with Gasteiger partial charge < -0.3 is 10.5 Å². The van der Waals surface area contributed by atoms with Gasteiger partial charge in [-0.3, -0.25) is 4.98 Å². The van der Waals surface area contributed by atoms with E-state index in [9.17, 15) is 0 Å². The van der Waals surface area contributed by atoms with Gasteiger partial charge in [-0.25, -0.2) is 4.98 Å². The number of thioether (sulfide) groups is 1. The number of rotatable bonds is 3. The van der Waals surface area contributed by atoms with E-state index < -0.39 is 0 Å². The van der Waals surface area contributed by atoms with Gasteiger partial charge in [0.15, 0.2) is 0 Å². The lowest BCUT2D eigenvalue weighted by Gasteiger charge is -2.12. The van der Waals surface area contributed by atoms with E-state index in [4.69, 9.17) is 10.5 Å². The maximum atomic E-state index is 6.56. The van der Waals surface area contributed by atoms with Crippen molar-refractivity contribution in [3.63, 3.8) is 0 Å². The van der Waals surface area contributed by atoms with Crippen molar-refractivity contribution in [2.75, 3.05) is 18.9 Å². The van der Waals surface area contributed by atoms with Crippen LogP contribution >= 0.6 is 23.1 Å². The Morgan fingerprint density at radius 3 is 2.96 bits per heavy atom. The molecule has 1 aliphatic rings. The molecule has 3 heterocycles. The van der Waals surface area contributed by atoms with Crippen molar-refractivity contribution in [1.82, 2.24) is 9.97 Å². The number of nitrogens with two attached hydrogens (primary N) is 1. The lowest BCUT2D eigenvalue weighted by atomic mass is 10.0. The number of hydrogen-bond donors (Lipinski definition) is 1. The van der Waals surface area contributed by atoms with Crippen molar-refractivity contribution in [2.24, 2.45) is 0 Å². The van der Waals surface area contributed by atoms with Crippen molar-refractivity contribution in [2.45, 2.75) is 16.6 Å². The summed E-state index contributed by atoms with van der Waals surface area (Å²) in [7, 11) is 0. The molecule has 1 aliphatic heterocycles. The van der Waals surface area contributed by atoms with Crippen molar-refractivity contribution in [1.29, 1.82) is 0 Å². The summed E-state index contributed by atoms with van der Waals surface area (Å²) < 4.78 is 6.66. The van der Waals surface area contributed by atoms with Crippen LogP contribution in [0.2, 0.25) is 0 Å². The summed E-state index contributed by atoms with van der Waals surface area (Å²) in [6.07, 6.45) is 2.97. The molecular formula is C20H17N3OS2. The average molecular weight is 380 g/mol. The van der Waals surface area contributed by atoms with Gasteiger partial charge in [0.25, 0.3) is 0 Å². The highest BCUT2D eigenvalue weighted by Gasteiger charge is 2.17. The summed E-state index contributed by atoms with van der Waals surface area (Å²) in [6, 6.07) is 12.6. The molecule has 0 radical (unpaired) electrons. The third-order valence-electron chi connectivity index (χ3n) is 4.71. The first-order valence-electron chi connectivity index (χ1n) is 8.54. The lowest BCUT2D eigenvalue weighted by Crippen LogP contribution is -2.00. The maximum Gasteiger partial charge on any atom is 0.0818 e. The van der Waals surface area contributed by atoms with E-state index >= 15 is 0 Å². The molecule has 0 saturated carbocycles. The van der Waals surface area contributed by atoms with E-state index in [2.05, 4.69) is 46.4 Å². The second kappa shape index (κ2) is 6.54. The standard InChI is InChI=1S/C20H17N3OS2/c21-20-15-8-13(26-14-5-6-24-10-14)2-3-17(15)22-9-16(20)12-1-4-19-18(7-12)23-11-25-19/h1-4,7-9,11,14H,5-6,10H2,(H2,21,22). The first kappa shape index (κ1) is 16.1. The first-order valence-corrected chi connectivity index (χ1v) is 10.3.